The van der Waals surface area contributed by atoms with Gasteiger partial charge in [0.2, 0.25) is 0 Å². The van der Waals surface area contributed by atoms with E-state index in [0.29, 0.717) is 0 Å². The minimum atomic E-state index is 0.722. The molecule has 1 fully saturated rings. The van der Waals surface area contributed by atoms with E-state index in [1.165, 1.54) is 24.8 Å². The molecule has 1 heterocycles. The van der Waals surface area contributed by atoms with Crippen LogP contribution in [0.25, 0.3) is 0 Å². The maximum absolute atomic E-state index is 4.22. The monoisotopic (exact) mass is 236 g/mol. The first-order valence-corrected chi connectivity index (χ1v) is 6.60. The van der Waals surface area contributed by atoms with Crippen molar-refractivity contribution < 1.29 is 0 Å². The molecule has 1 aromatic rings. The zero-order valence-electron chi connectivity index (χ0n) is 11.2. The van der Waals surface area contributed by atoms with E-state index in [4.69, 9.17) is 0 Å². The Morgan fingerprint density at radius 3 is 3.00 bits per heavy atom. The molecule has 0 spiro atoms. The molecule has 4 nitrogen and oxygen atoms in total. The van der Waals surface area contributed by atoms with Crippen LogP contribution in [0.5, 0.6) is 0 Å². The first kappa shape index (κ1) is 12.6. The maximum atomic E-state index is 4.22. The molecule has 2 atom stereocenters. The van der Waals surface area contributed by atoms with Crippen molar-refractivity contribution in [1.29, 1.82) is 0 Å². The second kappa shape index (κ2) is 5.65. The number of rotatable bonds is 5. The number of hydrogen-bond donors (Lipinski definition) is 1. The average molecular weight is 236 g/mol. The third-order valence-electron chi connectivity index (χ3n) is 3.71. The summed E-state index contributed by atoms with van der Waals surface area (Å²) < 4.78 is 1.87. The van der Waals surface area contributed by atoms with Gasteiger partial charge in [-0.15, -0.1) is 0 Å². The van der Waals surface area contributed by atoms with Crippen LogP contribution < -0.4 is 5.32 Å². The van der Waals surface area contributed by atoms with Crippen molar-refractivity contribution in [2.75, 3.05) is 13.6 Å². The molecule has 1 aliphatic rings. The van der Waals surface area contributed by atoms with Gasteiger partial charge in [-0.25, -0.2) is 0 Å². The van der Waals surface area contributed by atoms with Crippen molar-refractivity contribution in [3.63, 3.8) is 0 Å². The normalized spacial score (nSPS) is 24.7. The lowest BCUT2D eigenvalue weighted by molar-refractivity contribution is 0.234. The quantitative estimate of drug-likeness (QED) is 0.838. The van der Waals surface area contributed by atoms with Crippen molar-refractivity contribution in [3.8, 4) is 0 Å². The standard InChI is InChI=1S/C13H24N4/c1-4-14-12-5-6-13(7-12)16(2)9-11-8-15-17(3)10-11/h8,10,12-14H,4-7,9H2,1-3H3. The molecule has 2 rings (SSSR count). The Hall–Kier alpha value is -0.870. The molecule has 1 saturated carbocycles. The van der Waals surface area contributed by atoms with E-state index in [9.17, 15) is 0 Å². The highest BCUT2D eigenvalue weighted by atomic mass is 15.2. The minimum Gasteiger partial charge on any atom is -0.314 e. The summed E-state index contributed by atoms with van der Waals surface area (Å²) >= 11 is 0. The van der Waals surface area contributed by atoms with Crippen LogP contribution in [0.2, 0.25) is 0 Å². The molecule has 2 unspecified atom stereocenters. The van der Waals surface area contributed by atoms with Crippen LogP contribution in [-0.2, 0) is 13.6 Å². The van der Waals surface area contributed by atoms with Gasteiger partial charge in [0.15, 0.2) is 0 Å². The highest BCUT2D eigenvalue weighted by Gasteiger charge is 2.26. The van der Waals surface area contributed by atoms with E-state index in [1.807, 2.05) is 17.9 Å². The molecule has 0 saturated heterocycles. The van der Waals surface area contributed by atoms with Crippen LogP contribution in [0, 0.1) is 0 Å². The van der Waals surface area contributed by atoms with Crippen LogP contribution in [-0.4, -0.2) is 40.4 Å². The van der Waals surface area contributed by atoms with Gasteiger partial charge >= 0.3 is 0 Å². The Labute approximate surface area is 104 Å². The zero-order chi connectivity index (χ0) is 12.3. The summed E-state index contributed by atoms with van der Waals surface area (Å²) in [4.78, 5) is 2.47. The first-order chi connectivity index (χ1) is 8.19. The Morgan fingerprint density at radius 2 is 2.35 bits per heavy atom. The molecule has 1 aromatic heterocycles. The summed E-state index contributed by atoms with van der Waals surface area (Å²) in [5.74, 6) is 0. The molecule has 0 radical (unpaired) electrons. The predicted molar refractivity (Wildman–Crippen MR) is 69.8 cm³/mol. The second-order valence-electron chi connectivity index (χ2n) is 5.16. The lowest BCUT2D eigenvalue weighted by atomic mass is 10.2. The SMILES string of the molecule is CCNC1CCC(N(C)Cc2cnn(C)c2)C1. The van der Waals surface area contributed by atoms with Gasteiger partial charge in [-0.2, -0.15) is 5.10 Å². The Morgan fingerprint density at radius 1 is 1.53 bits per heavy atom. The third kappa shape index (κ3) is 3.30. The first-order valence-electron chi connectivity index (χ1n) is 6.60. The van der Waals surface area contributed by atoms with Crippen molar-refractivity contribution in [1.82, 2.24) is 20.0 Å². The van der Waals surface area contributed by atoms with Crippen LogP contribution in [0.3, 0.4) is 0 Å². The topological polar surface area (TPSA) is 33.1 Å². The van der Waals surface area contributed by atoms with Gasteiger partial charge in [-0.3, -0.25) is 9.58 Å². The molecule has 17 heavy (non-hydrogen) atoms. The Balaban J connectivity index is 1.82. The van der Waals surface area contributed by atoms with Gasteiger partial charge in [-0.1, -0.05) is 6.92 Å². The highest BCUT2D eigenvalue weighted by molar-refractivity contribution is 5.03. The molecule has 0 aliphatic heterocycles. The number of hydrogen-bond acceptors (Lipinski definition) is 3. The highest BCUT2D eigenvalue weighted by Crippen LogP contribution is 2.24. The molecule has 1 N–H and O–H groups in total. The molecule has 96 valence electrons. The van der Waals surface area contributed by atoms with E-state index in [0.717, 1.165) is 25.2 Å². The van der Waals surface area contributed by atoms with Crippen LogP contribution in [0.15, 0.2) is 12.4 Å². The second-order valence-corrected chi connectivity index (χ2v) is 5.16. The molecule has 0 amide bonds. The average Bonchev–Trinajstić information content (AvgIpc) is 2.88. The van der Waals surface area contributed by atoms with E-state index in [-0.39, 0.29) is 0 Å². The number of aryl methyl sites for hydroxylation is 1. The summed E-state index contributed by atoms with van der Waals surface area (Å²) in [5, 5.41) is 7.77. The van der Waals surface area contributed by atoms with Crippen molar-refractivity contribution in [3.05, 3.63) is 18.0 Å². The summed E-state index contributed by atoms with van der Waals surface area (Å²) in [7, 11) is 4.20. The molecular weight excluding hydrogens is 212 g/mol. The summed E-state index contributed by atoms with van der Waals surface area (Å²) in [6.45, 7) is 4.29. The van der Waals surface area contributed by atoms with Gasteiger partial charge in [0.1, 0.15) is 0 Å². The third-order valence-corrected chi connectivity index (χ3v) is 3.71. The lowest BCUT2D eigenvalue weighted by Gasteiger charge is -2.23. The molecule has 1 aliphatic carbocycles. The van der Waals surface area contributed by atoms with E-state index < -0.39 is 0 Å². The predicted octanol–water partition coefficient (Wildman–Crippen LogP) is 1.38. The van der Waals surface area contributed by atoms with Crippen molar-refractivity contribution in [2.24, 2.45) is 7.05 Å². The fourth-order valence-corrected chi connectivity index (χ4v) is 2.80. The van der Waals surface area contributed by atoms with Gasteiger partial charge in [0.05, 0.1) is 6.20 Å². The van der Waals surface area contributed by atoms with Crippen LogP contribution in [0.4, 0.5) is 0 Å². The van der Waals surface area contributed by atoms with Gasteiger partial charge in [0.25, 0.3) is 0 Å². The number of nitrogens with one attached hydrogen (secondary N) is 1. The number of nitrogens with zero attached hydrogens (tertiary/aromatic N) is 3. The summed E-state index contributed by atoms with van der Waals surface area (Å²) in [6, 6.07) is 1.45. The molecule has 0 aromatic carbocycles. The minimum absolute atomic E-state index is 0.722. The van der Waals surface area contributed by atoms with Crippen molar-refractivity contribution in [2.45, 2.75) is 44.8 Å². The summed E-state index contributed by atoms with van der Waals surface area (Å²) in [5.41, 5.74) is 1.31. The van der Waals surface area contributed by atoms with Crippen molar-refractivity contribution >= 4 is 0 Å². The lowest BCUT2D eigenvalue weighted by Crippen LogP contribution is -2.32. The smallest absolute Gasteiger partial charge is 0.0534 e. The molecule has 0 bridgehead atoms. The Bertz CT molecular complexity index is 347. The van der Waals surface area contributed by atoms with Gasteiger partial charge in [0, 0.05) is 37.4 Å². The largest absolute Gasteiger partial charge is 0.314 e. The summed E-state index contributed by atoms with van der Waals surface area (Å²) in [6.07, 6.45) is 7.98. The molecular formula is C13H24N4. The van der Waals surface area contributed by atoms with Gasteiger partial charge in [-0.05, 0) is 32.9 Å². The van der Waals surface area contributed by atoms with E-state index >= 15 is 0 Å². The zero-order valence-corrected chi connectivity index (χ0v) is 11.2. The Kier molecular flexibility index (Phi) is 4.18. The van der Waals surface area contributed by atoms with Gasteiger partial charge < -0.3 is 5.32 Å². The van der Waals surface area contributed by atoms with E-state index in [2.05, 4.69) is 35.5 Å². The molecule has 4 heteroatoms. The van der Waals surface area contributed by atoms with Crippen LogP contribution in [0.1, 0.15) is 31.7 Å². The van der Waals surface area contributed by atoms with Crippen LogP contribution >= 0.6 is 0 Å². The maximum Gasteiger partial charge on any atom is 0.0534 e. The fraction of sp³-hybridized carbons (Fsp3) is 0.769. The number of aromatic nitrogens is 2. The fourth-order valence-electron chi connectivity index (χ4n) is 2.80. The van der Waals surface area contributed by atoms with E-state index in [1.54, 1.807) is 0 Å².